The summed E-state index contributed by atoms with van der Waals surface area (Å²) in [6, 6.07) is 89.8. The number of nitriles is 1. The van der Waals surface area contributed by atoms with Gasteiger partial charge in [0.1, 0.15) is 5.82 Å². The Bertz CT molecular complexity index is 9530. The van der Waals surface area contributed by atoms with E-state index in [0.717, 1.165) is 50.0 Å². The Balaban J connectivity index is 0.000000109. The molecular weight excluding hydrogens is 1820 g/mol. The lowest BCUT2D eigenvalue weighted by molar-refractivity contribution is -0.114. The van der Waals surface area contributed by atoms with Crippen molar-refractivity contribution in [3.05, 3.63) is 400 Å². The predicted octanol–water partition coefficient (Wildman–Crippen LogP) is 8.82. The molecule has 0 atom stereocenters. The number of carbonyl (C=O) groups excluding carboxylic acids is 1. The third kappa shape index (κ3) is 18.5. The lowest BCUT2D eigenvalue weighted by Crippen LogP contribution is -2.24. The first-order valence-corrected chi connectivity index (χ1v) is 44.2. The molecule has 0 aliphatic heterocycles. The second kappa shape index (κ2) is 39.1. The van der Waals surface area contributed by atoms with Crippen LogP contribution >= 0.6 is 0 Å². The van der Waals surface area contributed by atoms with Gasteiger partial charge >= 0.3 is 28.4 Å². The van der Waals surface area contributed by atoms with Gasteiger partial charge < -0.3 is 56.3 Å². The van der Waals surface area contributed by atoms with Crippen LogP contribution in [0.15, 0.2) is 326 Å². The minimum absolute atomic E-state index is 0.0923. The number of carbonyl (C=O) groups is 1. The van der Waals surface area contributed by atoms with Crippen molar-refractivity contribution in [2.45, 2.75) is 52.8 Å². The molecule has 42 nitrogen and oxygen atoms in total. The number of hydrogen-bond acceptors (Lipinski definition) is 29. The third-order valence-electron chi connectivity index (χ3n) is 23.0. The zero-order valence-electron chi connectivity index (χ0n) is 75.8. The highest BCUT2D eigenvalue weighted by molar-refractivity contribution is 5.93. The maximum Gasteiger partial charge on any atom is 0.351 e. The summed E-state index contributed by atoms with van der Waals surface area (Å²) in [6.45, 7) is 3.36. The van der Waals surface area contributed by atoms with Crippen molar-refractivity contribution >= 4 is 158 Å². The molecule has 12 aromatic heterocycles. The molecular formula is C100H84FN35O7. The van der Waals surface area contributed by atoms with Gasteiger partial charge in [-0.1, -0.05) is 200 Å². The van der Waals surface area contributed by atoms with Crippen molar-refractivity contribution in [3.63, 3.8) is 0 Å². The molecule has 43 heteroatoms. The summed E-state index contributed by atoms with van der Waals surface area (Å²) in [5, 5.41) is 47.3. The second-order valence-electron chi connectivity index (χ2n) is 32.6. The van der Waals surface area contributed by atoms with E-state index in [-0.39, 0.29) is 88.8 Å². The molecule has 12 heterocycles. The number of aliphatic hydroxyl groups is 1. The number of benzene rings is 12. The van der Waals surface area contributed by atoms with Crippen molar-refractivity contribution in [2.75, 3.05) is 51.2 Å². The summed E-state index contributed by atoms with van der Waals surface area (Å²) in [6.07, 6.45) is 1.85. The number of nitrogens with two attached hydrogens (primary N) is 8. The fourth-order valence-electron chi connectivity index (χ4n) is 16.4. The Hall–Kier alpha value is -20.4. The largest absolute Gasteiger partial charge is 0.399 e. The molecule has 0 aliphatic rings. The first-order valence-electron chi connectivity index (χ1n) is 44.2. The molecule has 24 rings (SSSR count). The summed E-state index contributed by atoms with van der Waals surface area (Å²) in [5.74, 6) is 0.580. The normalized spacial score (nSPS) is 11.4. The molecule has 143 heavy (non-hydrogen) atoms. The highest BCUT2D eigenvalue weighted by atomic mass is 19.1. The van der Waals surface area contributed by atoms with E-state index < -0.39 is 5.82 Å². The zero-order chi connectivity index (χ0) is 99.4. The van der Waals surface area contributed by atoms with E-state index in [2.05, 4.69) is 70.8 Å². The van der Waals surface area contributed by atoms with Crippen LogP contribution in [0.2, 0.25) is 0 Å². The van der Waals surface area contributed by atoms with Crippen molar-refractivity contribution in [2.24, 2.45) is 4.99 Å². The standard InChI is InChI=1S/C18H16N6O2.C17H13N7.C17H15N5O2.C16H12FN5O.2C16H14N6O/c1-11(25)20-13-7-8-15-14(9-13)21-16(19)17-22-23(18(26)24(15)17)10-12-5-3-2-4-6-12;18-11-20-17-23(10-12-6-2-1-3-7-12)22-16-15(19)21-13-8-4-5-9-14(13)24(16)17;18-15-16-20-21(9-11-5-1-2-6-12(11)10-23)17(24)22(16)14-8-4-3-7-13(14)19-15;17-11-6-7-12-13(8-11)22-15(14(18)19-12)20-21(16(22)23)9-10-4-2-1-3-5-10;17-11-6-2-1-5-10(11)9-21-16(23)22-13-8-4-3-7-12(13)19-14(18)15(22)20-21;17-11-6-7-13-12(8-11)19-14(18)15-20-21(16(23)22(13)15)9-10-4-2-1-3-5-10/h2-9H,10H2,1H3,(H2,19,21)(H,20,25);1-9H,10H2,(H2,19,21);1-8,23H,9-10H2,(H2,18,19);1-8H,9H2,(H2,18,19);2*1-8H,9,17H2,(H2,18,19). The molecule has 0 aliphatic carbocycles. The molecule has 708 valence electrons. The number of nitrogens with zero attached hydrogens (tertiary/aromatic N) is 26. The van der Waals surface area contributed by atoms with Gasteiger partial charge in [-0.15, -0.1) is 35.6 Å². The molecule has 18 N–H and O–H groups in total. The Morgan fingerprint density at radius 1 is 0.329 bits per heavy atom. The Labute approximate surface area is 803 Å². The lowest BCUT2D eigenvalue weighted by Gasteiger charge is -2.06. The molecule has 24 aromatic rings. The number of fused-ring (bicyclic) bond motifs is 18. The van der Waals surface area contributed by atoms with E-state index in [9.17, 15) is 38.3 Å². The van der Waals surface area contributed by atoms with Crippen LogP contribution < -0.4 is 85.3 Å². The number of halogens is 1. The van der Waals surface area contributed by atoms with E-state index in [1.165, 1.54) is 70.5 Å². The third-order valence-corrected chi connectivity index (χ3v) is 23.0. The van der Waals surface area contributed by atoms with Gasteiger partial charge in [0.25, 0.3) is 0 Å². The molecule has 12 aromatic carbocycles. The van der Waals surface area contributed by atoms with Crippen molar-refractivity contribution in [1.29, 1.82) is 5.26 Å². The average Bonchev–Trinajstić information content (AvgIpc) is 1.57. The zero-order valence-corrected chi connectivity index (χ0v) is 75.8. The quantitative estimate of drug-likeness (QED) is 0.0359. The maximum absolute atomic E-state index is 13.5. The smallest absolute Gasteiger partial charge is 0.351 e. The van der Waals surface area contributed by atoms with Crippen LogP contribution in [0.4, 0.5) is 56.4 Å². The van der Waals surface area contributed by atoms with Crippen LogP contribution in [0.1, 0.15) is 45.9 Å². The monoisotopic (exact) mass is 1910 g/mol. The average molecular weight is 1910 g/mol. The molecule has 0 spiro atoms. The first kappa shape index (κ1) is 91.7. The summed E-state index contributed by atoms with van der Waals surface area (Å²) in [7, 11) is 0. The fraction of sp³-hybridized carbons (Fsp3) is 0.0800. The van der Waals surface area contributed by atoms with Gasteiger partial charge in [-0.05, 0) is 130 Å². The van der Waals surface area contributed by atoms with Crippen LogP contribution in [-0.4, -0.2) is 126 Å². The number of hydrogen-bond donors (Lipinski definition) is 10. The molecule has 0 saturated heterocycles. The topological polar surface area (TPSA) is 590 Å². The number of aliphatic hydroxyl groups excluding tert-OH is 1. The fourth-order valence-corrected chi connectivity index (χ4v) is 16.4. The van der Waals surface area contributed by atoms with Crippen molar-refractivity contribution < 1.29 is 14.3 Å². The first-order chi connectivity index (χ1) is 69.4. The van der Waals surface area contributed by atoms with Gasteiger partial charge in [-0.2, -0.15) is 5.26 Å². The number of anilines is 9. The Morgan fingerprint density at radius 3 is 1.04 bits per heavy atom. The number of rotatable bonds is 14. The molecule has 0 radical (unpaired) electrons. The second-order valence-corrected chi connectivity index (χ2v) is 32.6. The maximum atomic E-state index is 13.5. The molecule has 0 saturated carbocycles. The molecule has 0 fully saturated rings. The van der Waals surface area contributed by atoms with Gasteiger partial charge in [0, 0.05) is 30.1 Å². The summed E-state index contributed by atoms with van der Waals surface area (Å²) >= 11 is 0. The van der Waals surface area contributed by atoms with E-state index >= 15 is 0 Å². The van der Waals surface area contributed by atoms with Crippen LogP contribution in [0.5, 0.6) is 0 Å². The van der Waals surface area contributed by atoms with Crippen LogP contribution in [-0.2, 0) is 50.7 Å². The molecule has 0 unspecified atom stereocenters. The number of para-hydroxylation sites is 7. The van der Waals surface area contributed by atoms with E-state index in [1.54, 1.807) is 57.6 Å². The summed E-state index contributed by atoms with van der Waals surface area (Å²) < 4.78 is 30.9. The lowest BCUT2D eigenvalue weighted by atomic mass is 10.1. The summed E-state index contributed by atoms with van der Waals surface area (Å²) in [4.78, 5) is 105. The van der Waals surface area contributed by atoms with Gasteiger partial charge in [-0.3, -0.25) is 9.20 Å². The number of amides is 1. The highest BCUT2D eigenvalue weighted by Crippen LogP contribution is 2.27. The number of nitrogen functional groups attached to an aromatic ring is 8. The van der Waals surface area contributed by atoms with Gasteiger partial charge in [0.15, 0.2) is 34.9 Å². The van der Waals surface area contributed by atoms with Crippen molar-refractivity contribution in [3.8, 4) is 6.19 Å². The SMILES string of the molecule is CC(=O)Nc1ccc2c(c1)nc(N)c1nn(Cc3ccccc3)c(=O)n12.N#CN=c1n(Cc2ccccc2)nc2c(N)nc3ccccc3n12.Nc1ccc2c(c1)nc(N)c1nn(Cc3ccccc3)c(=O)n12.Nc1ccccc1Cn1nc2c(N)nc3ccccc3n2c1=O.Nc1nc2ccc(F)cc2n2c(=O)n(Cc3ccccc3)nc12.Nc1nc2ccccc2n2c(=O)n(Cc3ccccc3CO)nc12. The van der Waals surface area contributed by atoms with Crippen molar-refractivity contribution in [1.82, 2.24) is 115 Å². The van der Waals surface area contributed by atoms with E-state index in [0.29, 0.717) is 138 Å². The minimum atomic E-state index is -0.451. The van der Waals surface area contributed by atoms with Gasteiger partial charge in [0.2, 0.25) is 51.6 Å². The van der Waals surface area contributed by atoms with Crippen LogP contribution in [0, 0.1) is 17.3 Å². The van der Waals surface area contributed by atoms with Gasteiger partial charge in [-0.25, -0.2) is 108 Å². The van der Waals surface area contributed by atoms with Crippen LogP contribution in [0.25, 0.3) is 100 Å². The Kier molecular flexibility index (Phi) is 25.1. The number of nitrogens with one attached hydrogen (secondary N) is 1. The van der Waals surface area contributed by atoms with Gasteiger partial charge in [0.05, 0.1) is 112 Å². The van der Waals surface area contributed by atoms with E-state index in [1.807, 2.05) is 237 Å². The Morgan fingerprint density at radius 2 is 0.636 bits per heavy atom. The summed E-state index contributed by atoms with van der Waals surface area (Å²) in [5.41, 5.74) is 63.9. The van der Waals surface area contributed by atoms with Crippen LogP contribution in [0.3, 0.4) is 0 Å². The highest BCUT2D eigenvalue weighted by Gasteiger charge is 2.24. The minimum Gasteiger partial charge on any atom is -0.399 e. The predicted molar refractivity (Wildman–Crippen MR) is 542 cm³/mol. The van der Waals surface area contributed by atoms with E-state index in [4.69, 9.17) is 51.1 Å². The number of aromatic nitrogens is 24. The molecule has 1 amide bonds. The molecule has 0 bridgehead atoms.